The van der Waals surface area contributed by atoms with Gasteiger partial charge in [0.05, 0.1) is 0 Å². The van der Waals surface area contributed by atoms with Crippen molar-refractivity contribution in [3.05, 3.63) is 34.7 Å². The van der Waals surface area contributed by atoms with Crippen molar-refractivity contribution in [3.8, 4) is 12.3 Å². The molecule has 0 spiro atoms. The van der Waals surface area contributed by atoms with Gasteiger partial charge in [-0.05, 0) is 19.0 Å². The summed E-state index contributed by atoms with van der Waals surface area (Å²) < 4.78 is 1.69. The molecule has 0 amide bonds. The van der Waals surface area contributed by atoms with E-state index in [-0.39, 0.29) is 5.56 Å². The lowest BCUT2D eigenvalue weighted by atomic mass is 10.3. The van der Waals surface area contributed by atoms with Crippen molar-refractivity contribution in [2.45, 2.75) is 19.4 Å². The van der Waals surface area contributed by atoms with Crippen LogP contribution in [0.25, 0.3) is 0 Å². The van der Waals surface area contributed by atoms with Crippen molar-refractivity contribution < 1.29 is 0 Å². The first-order chi connectivity index (χ1) is 7.34. The molecule has 0 atom stereocenters. The number of nitrogens with one attached hydrogen (secondary N) is 1. The zero-order valence-corrected chi connectivity index (χ0v) is 8.78. The van der Waals surface area contributed by atoms with Gasteiger partial charge in [-0.3, -0.25) is 4.79 Å². The fraction of sp³-hybridized carbons (Fsp3) is 0.417. The number of hydrogen-bond acceptors (Lipinski definition) is 2. The molecule has 1 heterocycles. The minimum absolute atomic E-state index is 0.0444. The van der Waals surface area contributed by atoms with Gasteiger partial charge in [0.1, 0.15) is 0 Å². The lowest BCUT2D eigenvalue weighted by Gasteiger charge is -2.05. The summed E-state index contributed by atoms with van der Waals surface area (Å²) in [5.74, 6) is 2.59. The second kappa shape index (κ2) is 6.86. The SMILES string of the molecule is C#CCCCNCCn1ccccc1=O. The van der Waals surface area contributed by atoms with Gasteiger partial charge in [0.15, 0.2) is 0 Å². The summed E-state index contributed by atoms with van der Waals surface area (Å²) in [4.78, 5) is 11.3. The van der Waals surface area contributed by atoms with Gasteiger partial charge in [-0.15, -0.1) is 12.3 Å². The zero-order valence-electron chi connectivity index (χ0n) is 8.78. The molecule has 1 N–H and O–H groups in total. The fourth-order valence-corrected chi connectivity index (χ4v) is 1.29. The van der Waals surface area contributed by atoms with Crippen molar-refractivity contribution in [2.24, 2.45) is 0 Å². The molecule has 0 aliphatic heterocycles. The van der Waals surface area contributed by atoms with E-state index in [4.69, 9.17) is 6.42 Å². The van der Waals surface area contributed by atoms with Crippen LogP contribution in [0.2, 0.25) is 0 Å². The summed E-state index contributed by atoms with van der Waals surface area (Å²) in [6.45, 7) is 2.41. The van der Waals surface area contributed by atoms with Crippen LogP contribution in [0.3, 0.4) is 0 Å². The van der Waals surface area contributed by atoms with Crippen molar-refractivity contribution in [1.29, 1.82) is 0 Å². The Hall–Kier alpha value is -1.53. The number of unbranched alkanes of at least 4 members (excludes halogenated alkanes) is 1. The summed E-state index contributed by atoms with van der Waals surface area (Å²) in [5.41, 5.74) is 0.0444. The van der Waals surface area contributed by atoms with E-state index in [1.165, 1.54) is 0 Å². The standard InChI is InChI=1S/C12H16N2O/c1-2-3-5-8-13-9-11-14-10-6-4-7-12(14)15/h1,4,6-7,10,13H,3,5,8-9,11H2. The van der Waals surface area contributed by atoms with Gasteiger partial charge in [0, 0.05) is 31.8 Å². The Morgan fingerprint density at radius 3 is 3.00 bits per heavy atom. The molecule has 0 aliphatic carbocycles. The zero-order chi connectivity index (χ0) is 10.9. The van der Waals surface area contributed by atoms with Gasteiger partial charge in [-0.25, -0.2) is 0 Å². The Morgan fingerprint density at radius 1 is 1.40 bits per heavy atom. The summed E-state index contributed by atoms with van der Waals surface area (Å²) in [6, 6.07) is 5.18. The van der Waals surface area contributed by atoms with Crippen LogP contribution >= 0.6 is 0 Å². The van der Waals surface area contributed by atoms with Crippen LogP contribution in [0.5, 0.6) is 0 Å². The molecule has 3 heteroatoms. The first-order valence-electron chi connectivity index (χ1n) is 5.14. The van der Waals surface area contributed by atoms with Crippen LogP contribution in [0, 0.1) is 12.3 Å². The summed E-state index contributed by atoms with van der Waals surface area (Å²) in [5, 5.41) is 3.24. The van der Waals surface area contributed by atoms with Crippen LogP contribution in [-0.4, -0.2) is 17.7 Å². The number of terminal acetylenes is 1. The van der Waals surface area contributed by atoms with Crippen LogP contribution < -0.4 is 10.9 Å². The molecule has 0 saturated heterocycles. The Labute approximate surface area is 90.1 Å². The average Bonchev–Trinajstić information content (AvgIpc) is 2.25. The summed E-state index contributed by atoms with van der Waals surface area (Å²) in [7, 11) is 0. The molecule has 0 aliphatic rings. The second-order valence-corrected chi connectivity index (χ2v) is 3.29. The van der Waals surface area contributed by atoms with E-state index >= 15 is 0 Å². The molecule has 80 valence electrons. The second-order valence-electron chi connectivity index (χ2n) is 3.29. The van der Waals surface area contributed by atoms with Gasteiger partial charge < -0.3 is 9.88 Å². The first-order valence-corrected chi connectivity index (χ1v) is 5.14. The minimum atomic E-state index is 0.0444. The molecule has 0 saturated carbocycles. The van der Waals surface area contributed by atoms with E-state index < -0.39 is 0 Å². The largest absolute Gasteiger partial charge is 0.315 e. The number of aromatic nitrogens is 1. The maximum atomic E-state index is 11.3. The highest BCUT2D eigenvalue weighted by atomic mass is 16.1. The highest BCUT2D eigenvalue weighted by Gasteiger charge is 1.92. The lowest BCUT2D eigenvalue weighted by molar-refractivity contribution is 0.576. The third-order valence-electron chi connectivity index (χ3n) is 2.10. The topological polar surface area (TPSA) is 34.0 Å². The fourth-order valence-electron chi connectivity index (χ4n) is 1.29. The summed E-state index contributed by atoms with van der Waals surface area (Å²) >= 11 is 0. The average molecular weight is 204 g/mol. The highest BCUT2D eigenvalue weighted by Crippen LogP contribution is 1.84. The van der Waals surface area contributed by atoms with E-state index in [1.807, 2.05) is 6.07 Å². The lowest BCUT2D eigenvalue weighted by Crippen LogP contribution is -2.26. The molecule has 1 aromatic rings. The van der Waals surface area contributed by atoms with Crippen LogP contribution in [-0.2, 0) is 6.54 Å². The molecule has 0 unspecified atom stereocenters. The maximum Gasteiger partial charge on any atom is 0.250 e. The number of hydrogen-bond donors (Lipinski definition) is 1. The van der Waals surface area contributed by atoms with E-state index in [0.717, 1.165) is 25.9 Å². The molecule has 0 radical (unpaired) electrons. The number of pyridine rings is 1. The molecule has 0 bridgehead atoms. The third-order valence-corrected chi connectivity index (χ3v) is 2.10. The van der Waals surface area contributed by atoms with Gasteiger partial charge in [0.2, 0.25) is 0 Å². The number of rotatable bonds is 6. The minimum Gasteiger partial charge on any atom is -0.315 e. The van der Waals surface area contributed by atoms with E-state index in [2.05, 4.69) is 11.2 Å². The molecule has 3 nitrogen and oxygen atoms in total. The van der Waals surface area contributed by atoms with Crippen molar-refractivity contribution >= 4 is 0 Å². The van der Waals surface area contributed by atoms with Crippen molar-refractivity contribution in [3.63, 3.8) is 0 Å². The van der Waals surface area contributed by atoms with Gasteiger partial charge in [0.25, 0.3) is 5.56 Å². The molecule has 1 rings (SSSR count). The maximum absolute atomic E-state index is 11.3. The van der Waals surface area contributed by atoms with Gasteiger partial charge in [-0.1, -0.05) is 6.07 Å². The summed E-state index contributed by atoms with van der Waals surface area (Å²) in [6.07, 6.45) is 8.72. The molecular weight excluding hydrogens is 188 g/mol. The van der Waals surface area contributed by atoms with Gasteiger partial charge in [-0.2, -0.15) is 0 Å². The molecular formula is C12H16N2O. The predicted octanol–water partition coefficient (Wildman–Crippen LogP) is 0.851. The Bertz CT molecular complexity index is 376. The van der Waals surface area contributed by atoms with E-state index in [1.54, 1.807) is 22.9 Å². The molecule has 15 heavy (non-hydrogen) atoms. The number of nitrogens with zero attached hydrogens (tertiary/aromatic N) is 1. The predicted molar refractivity (Wildman–Crippen MR) is 61.6 cm³/mol. The van der Waals surface area contributed by atoms with E-state index in [0.29, 0.717) is 6.54 Å². The Morgan fingerprint density at radius 2 is 2.27 bits per heavy atom. The quantitative estimate of drug-likeness (QED) is 0.550. The monoisotopic (exact) mass is 204 g/mol. The van der Waals surface area contributed by atoms with E-state index in [9.17, 15) is 4.79 Å². The first kappa shape index (κ1) is 11.5. The van der Waals surface area contributed by atoms with Crippen molar-refractivity contribution in [1.82, 2.24) is 9.88 Å². The smallest absolute Gasteiger partial charge is 0.250 e. The molecule has 0 fully saturated rings. The van der Waals surface area contributed by atoms with Crippen LogP contribution in [0.1, 0.15) is 12.8 Å². The normalized spacial score (nSPS) is 9.80. The molecule has 0 aromatic carbocycles. The van der Waals surface area contributed by atoms with Crippen LogP contribution in [0.4, 0.5) is 0 Å². The van der Waals surface area contributed by atoms with Gasteiger partial charge >= 0.3 is 0 Å². The van der Waals surface area contributed by atoms with Crippen molar-refractivity contribution in [2.75, 3.05) is 13.1 Å². The third kappa shape index (κ3) is 4.48. The molecule has 1 aromatic heterocycles. The van der Waals surface area contributed by atoms with Crippen LogP contribution in [0.15, 0.2) is 29.2 Å². The highest BCUT2D eigenvalue weighted by molar-refractivity contribution is 4.93. The Balaban J connectivity index is 2.19. The Kier molecular flexibility index (Phi) is 5.28.